The van der Waals surface area contributed by atoms with Crippen LogP contribution in [-0.4, -0.2) is 315 Å². The van der Waals surface area contributed by atoms with Crippen LogP contribution in [0.3, 0.4) is 0 Å². The number of aromatic amines is 1. The van der Waals surface area contributed by atoms with E-state index in [9.17, 15) is 111 Å². The molecule has 134 heavy (non-hydrogen) atoms. The second-order valence-corrected chi connectivity index (χ2v) is 35.5. The van der Waals surface area contributed by atoms with E-state index in [4.69, 9.17) is 33.8 Å². The number of aliphatic hydroxyl groups is 3. The highest BCUT2D eigenvalue weighted by atomic mass is 32.2. The highest BCUT2D eigenvalue weighted by molar-refractivity contribution is 7.98. The van der Waals surface area contributed by atoms with E-state index in [0.717, 1.165) is 6.92 Å². The number of imidazole rings is 1. The lowest BCUT2D eigenvalue weighted by Gasteiger charge is -2.30. The van der Waals surface area contributed by atoms with Gasteiger partial charge in [0.2, 0.25) is 112 Å². The molecule has 0 spiro atoms. The smallest absolute Gasteiger partial charge is 0.322 e. The van der Waals surface area contributed by atoms with Gasteiger partial charge in [-0.2, -0.15) is 11.8 Å². The average Bonchev–Trinajstić information content (AvgIpc) is 1.15. The summed E-state index contributed by atoms with van der Waals surface area (Å²) in [4.78, 5) is 282. The van der Waals surface area contributed by atoms with Gasteiger partial charge in [-0.05, 0) is 133 Å². The Bertz CT molecular complexity index is 4080. The van der Waals surface area contributed by atoms with Crippen molar-refractivity contribution in [2.24, 2.45) is 69.2 Å². The van der Waals surface area contributed by atoms with Gasteiger partial charge >= 0.3 is 5.97 Å². The van der Waals surface area contributed by atoms with Gasteiger partial charge in [0.05, 0.1) is 51.2 Å². The van der Waals surface area contributed by atoms with Gasteiger partial charge in [-0.15, -0.1) is 0 Å². The lowest BCUT2D eigenvalue weighted by molar-refractivity contribution is -0.138. The number of unbranched alkanes of at least 4 members (excludes halogenated alkanes) is 1. The maximum absolute atomic E-state index is 14.5. The highest BCUT2D eigenvalue weighted by Gasteiger charge is 2.41. The van der Waals surface area contributed by atoms with Crippen LogP contribution in [-0.2, 0) is 102 Å². The number of carbonyl (C=O) groups excluding carboxylic acids is 19. The topological polar surface area (TPSA) is 810 Å². The summed E-state index contributed by atoms with van der Waals surface area (Å²) in [6, 6.07) is -23.5. The van der Waals surface area contributed by atoms with E-state index in [1.54, 1.807) is 89.3 Å². The molecule has 0 saturated carbocycles. The number of hydrogen-bond donors (Lipinski definition) is 28. The third-order valence-electron chi connectivity index (χ3n) is 20.6. The first kappa shape index (κ1) is 120. The predicted molar refractivity (Wildman–Crippen MR) is 490 cm³/mol. The van der Waals surface area contributed by atoms with Crippen LogP contribution in [0, 0.1) is 35.5 Å². The van der Waals surface area contributed by atoms with Gasteiger partial charge in [0.25, 0.3) is 0 Å². The summed E-state index contributed by atoms with van der Waals surface area (Å²) in [5, 5.41) is 84.3. The molecule has 0 saturated heterocycles. The molecule has 0 aliphatic rings. The van der Waals surface area contributed by atoms with Gasteiger partial charge in [-0.1, -0.05) is 89.5 Å². The number of nitrogens with two attached hydrogens (primary N) is 5. The Kier molecular flexibility index (Phi) is 56.0. The quantitative estimate of drug-likeness (QED) is 0.0164. The zero-order valence-corrected chi connectivity index (χ0v) is 80.0. The van der Waals surface area contributed by atoms with Gasteiger partial charge in [0.15, 0.2) is 5.96 Å². The molecular formula is C83H146N26O24S. The number of carboxylic acid groups (broad SMARTS) is 1. The molecule has 0 bridgehead atoms. The number of amides is 19. The Morgan fingerprint density at radius 2 is 0.813 bits per heavy atom. The molecule has 1 aromatic heterocycles. The molecule has 0 aromatic carbocycles. The number of nitrogens with zero attached hydrogens (tertiary/aromatic N) is 2. The van der Waals surface area contributed by atoms with Crippen LogP contribution < -0.4 is 124 Å². The van der Waals surface area contributed by atoms with Crippen molar-refractivity contribution in [2.75, 3.05) is 57.9 Å². The molecule has 758 valence electrons. The fourth-order valence-corrected chi connectivity index (χ4v) is 13.4. The normalized spacial score (nSPS) is 15.3. The van der Waals surface area contributed by atoms with Crippen LogP contribution in [0.25, 0.3) is 0 Å². The third-order valence-corrected chi connectivity index (χ3v) is 21.2. The first-order valence-corrected chi connectivity index (χ1v) is 45.9. The van der Waals surface area contributed by atoms with Gasteiger partial charge in [0, 0.05) is 24.9 Å². The lowest BCUT2D eigenvalue weighted by atomic mass is 9.95. The molecule has 18 atom stereocenters. The van der Waals surface area contributed by atoms with Crippen molar-refractivity contribution in [3.05, 3.63) is 18.2 Å². The van der Waals surface area contributed by atoms with Crippen molar-refractivity contribution in [1.82, 2.24) is 106 Å². The second-order valence-electron chi connectivity index (χ2n) is 34.6. The Hall–Kier alpha value is -12.0. The molecular weight excluding hydrogens is 1780 g/mol. The van der Waals surface area contributed by atoms with E-state index in [2.05, 4.69) is 111 Å². The summed E-state index contributed by atoms with van der Waals surface area (Å²) in [6.45, 7) is 19.5. The van der Waals surface area contributed by atoms with E-state index < -0.39 is 278 Å². The summed E-state index contributed by atoms with van der Waals surface area (Å²) in [7, 11) is 0. The fraction of sp³-hybridized carbons (Fsp3) is 0.711. The molecule has 0 radical (unpaired) electrons. The van der Waals surface area contributed by atoms with Crippen LogP contribution in [0.5, 0.6) is 0 Å². The predicted octanol–water partition coefficient (Wildman–Crippen LogP) is -9.30. The van der Waals surface area contributed by atoms with Crippen LogP contribution in [0.1, 0.15) is 180 Å². The Morgan fingerprint density at radius 1 is 0.425 bits per heavy atom. The summed E-state index contributed by atoms with van der Waals surface area (Å²) < 4.78 is 0. The number of H-pyrrole nitrogens is 1. The molecule has 33 N–H and O–H groups in total. The van der Waals surface area contributed by atoms with E-state index >= 15 is 0 Å². The standard InChI is InChI=1S/C83H146N26O24S/c1-17-44(12)65(81(132)104-53(28-40(4)5)71(122)92-34-61(115)97-57(36-110)78(129)102-55(30-48-32-89-38-94-48)74(125)105-58(37-111)77(128)96-45(13)67(118)93-35-62(116)117)108-80(131)64(43(10)11)106-68(119)46(14)95-60(114)33-91-70(121)52(27-39(2)3)103-79(130)63(42(8)9)107-76(127)54(29-41(6)7)101-72(123)50(21-18-19-24-84)99-82(133)66(47(15)112)109-73(124)51(22-20-25-90-83(87)88)98-75(126)56(31-59(86)113)100-69(120)49(85)23-26-134-16/h32,38-47,49-58,63-66,110-112H,17-31,33-37,84-85H2,1-16H3,(H2,86,113)(H,89,94)(H,91,121)(H,92,122)(H,93,118)(H,95,114)(H,96,128)(H,97,115)(H,98,126)(H,99,133)(H,100,120)(H,101,123)(H,102,129)(H,103,130)(H,104,132)(H,105,125)(H,106,119)(H,107,127)(H,108,131)(H,109,124)(H,116,117)(H4,87,88,90)/t44-,45-,46-,47+,49-,50-,51-,52-,53-,54-,55-,56-,57-,58-,63-,64-,65-,66-/m0/s1. The maximum atomic E-state index is 14.5. The monoisotopic (exact) mass is 1920 g/mol. The molecule has 1 aromatic rings. The Balaban J connectivity index is 3.34. The first-order chi connectivity index (χ1) is 62.7. The SMILES string of the molecule is CC[C@H](C)[C@H](NC(=O)[C@@H](NC(=O)[C@H](C)NC(=O)CNC(=O)[C@H](CC(C)C)NC(=O)[C@@H](NC(=O)[C@H](CC(C)C)NC(=O)[C@H](CCCCN)NC(=O)[C@@H](NC(=O)[C@H](CCCN=C(N)N)NC(=O)[C@H](CC(N)=O)NC(=O)[C@@H](N)CCSC)[C@@H](C)O)C(C)C)C(C)C)C(=O)N[C@@H](CC(C)C)C(=O)NCC(=O)N[C@@H](CO)C(=O)N[C@@H](Cc1cnc[nH]1)C(=O)N[C@@H](CO)C(=O)N[C@@H](C)C(=O)NCC(=O)O. The maximum Gasteiger partial charge on any atom is 0.322 e. The molecule has 51 heteroatoms. The molecule has 1 heterocycles. The number of guanidine groups is 1. The Morgan fingerprint density at radius 3 is 1.29 bits per heavy atom. The van der Waals surface area contributed by atoms with Crippen LogP contribution in [0.2, 0.25) is 0 Å². The molecule has 19 amide bonds. The highest BCUT2D eigenvalue weighted by Crippen LogP contribution is 2.17. The van der Waals surface area contributed by atoms with Crippen molar-refractivity contribution < 1.29 is 116 Å². The van der Waals surface area contributed by atoms with Gasteiger partial charge in [0.1, 0.15) is 97.2 Å². The number of aliphatic imine (C=N–C) groups is 1. The molecule has 0 fully saturated rings. The number of carboxylic acids is 1. The first-order valence-electron chi connectivity index (χ1n) is 44.5. The number of hydrogen-bond acceptors (Lipinski definition) is 28. The molecule has 50 nitrogen and oxygen atoms in total. The van der Waals surface area contributed by atoms with Gasteiger partial charge in [-0.3, -0.25) is 101 Å². The summed E-state index contributed by atoms with van der Waals surface area (Å²) >= 11 is 1.41. The zero-order chi connectivity index (χ0) is 102. The number of nitrogens with one attached hydrogen (secondary N) is 19. The average molecular weight is 1920 g/mol. The number of primary amides is 1. The zero-order valence-electron chi connectivity index (χ0n) is 79.2. The van der Waals surface area contributed by atoms with Crippen molar-refractivity contribution in [2.45, 2.75) is 284 Å². The summed E-state index contributed by atoms with van der Waals surface area (Å²) in [6.07, 6.45) is 2.39. The number of aliphatic hydroxyl groups excluding tert-OH is 3. The second kappa shape index (κ2) is 62.5. The van der Waals surface area contributed by atoms with Crippen molar-refractivity contribution in [1.29, 1.82) is 0 Å². The van der Waals surface area contributed by atoms with E-state index in [1.807, 2.05) is 0 Å². The largest absolute Gasteiger partial charge is 0.480 e. The van der Waals surface area contributed by atoms with E-state index in [1.165, 1.54) is 38.1 Å². The number of rotatable bonds is 65. The molecule has 0 aliphatic heterocycles. The minimum absolute atomic E-state index is 0.00132. The van der Waals surface area contributed by atoms with Crippen molar-refractivity contribution in [3.63, 3.8) is 0 Å². The number of carbonyl (C=O) groups is 20. The summed E-state index contributed by atoms with van der Waals surface area (Å²) in [5.41, 5.74) is 28.5. The Labute approximate surface area is 783 Å². The summed E-state index contributed by atoms with van der Waals surface area (Å²) in [5.74, 6) is -22.0. The minimum Gasteiger partial charge on any atom is -0.480 e. The number of aliphatic carboxylic acids is 1. The van der Waals surface area contributed by atoms with Crippen LogP contribution >= 0.6 is 11.8 Å². The number of thioether (sulfide) groups is 1. The van der Waals surface area contributed by atoms with E-state index in [0.29, 0.717) is 18.6 Å². The van der Waals surface area contributed by atoms with E-state index in [-0.39, 0.29) is 100 Å². The third kappa shape index (κ3) is 46.1. The van der Waals surface area contributed by atoms with Crippen LogP contribution in [0.15, 0.2) is 17.5 Å². The van der Waals surface area contributed by atoms with Gasteiger partial charge in [-0.25, -0.2) is 4.98 Å². The van der Waals surface area contributed by atoms with Crippen LogP contribution in [0.4, 0.5) is 0 Å². The lowest BCUT2D eigenvalue weighted by Crippen LogP contribution is -2.62. The van der Waals surface area contributed by atoms with Crippen molar-refractivity contribution >= 4 is 136 Å². The fourth-order valence-electron chi connectivity index (χ4n) is 12.9. The minimum atomic E-state index is -1.83. The van der Waals surface area contributed by atoms with Crippen molar-refractivity contribution in [3.8, 4) is 0 Å². The molecule has 0 aliphatic carbocycles. The van der Waals surface area contributed by atoms with Gasteiger partial charge < -0.3 is 150 Å². The molecule has 1 rings (SSSR count). The molecule has 0 unspecified atom stereocenters. The number of aromatic nitrogens is 2.